The highest BCUT2D eigenvalue weighted by atomic mass is 35.5. The molecule has 0 heterocycles. The Morgan fingerprint density at radius 2 is 1.68 bits per heavy atom. The topological polar surface area (TPSA) is 84.5 Å². The van der Waals surface area contributed by atoms with Gasteiger partial charge in [-0.25, -0.2) is 0 Å². The first kappa shape index (κ1) is 21.4. The molecule has 148 valence electrons. The van der Waals surface area contributed by atoms with Gasteiger partial charge in [-0.2, -0.15) is 0 Å². The number of benzene rings is 2. The third-order valence-electron chi connectivity index (χ3n) is 3.92. The zero-order valence-electron chi connectivity index (χ0n) is 15.7. The summed E-state index contributed by atoms with van der Waals surface area (Å²) in [7, 11) is 0. The number of hydrogen-bond acceptors (Lipinski definition) is 4. The van der Waals surface area contributed by atoms with E-state index in [2.05, 4.69) is 17.6 Å². The fourth-order valence-electron chi connectivity index (χ4n) is 2.39. The lowest BCUT2D eigenvalue weighted by atomic mass is 10.1. The number of halogens is 1. The molecule has 2 rings (SSSR count). The predicted molar refractivity (Wildman–Crippen MR) is 108 cm³/mol. The van der Waals surface area contributed by atoms with E-state index in [1.807, 2.05) is 24.3 Å². The van der Waals surface area contributed by atoms with E-state index >= 15 is 0 Å². The normalized spacial score (nSPS) is 10.2. The number of rotatable bonds is 9. The number of aryl methyl sites for hydroxylation is 1. The first-order valence-corrected chi connectivity index (χ1v) is 9.44. The molecule has 28 heavy (non-hydrogen) atoms. The number of carbonyl (C=O) groups excluding carboxylic acids is 3. The van der Waals surface area contributed by atoms with E-state index in [0.717, 1.165) is 19.3 Å². The molecular weight excluding hydrogens is 380 g/mol. The summed E-state index contributed by atoms with van der Waals surface area (Å²) in [5.74, 6) is -1.58. The van der Waals surface area contributed by atoms with E-state index in [4.69, 9.17) is 16.3 Å². The highest BCUT2D eigenvalue weighted by Gasteiger charge is 2.11. The number of nitrogens with one attached hydrogen (secondary N) is 2. The fraction of sp³-hybridized carbons (Fsp3) is 0.286. The van der Waals surface area contributed by atoms with Crippen LogP contribution in [0.4, 0.5) is 5.69 Å². The number of esters is 1. The standard InChI is InChI=1S/C21H23ClN2O4/c1-2-3-4-15-5-11-18(12-6-15)24-19(25)14-28-20(26)13-23-21(27)16-7-9-17(22)10-8-16/h5-12H,2-4,13-14H2,1H3,(H,23,27)(H,24,25). The first-order chi connectivity index (χ1) is 13.5. The van der Waals surface area contributed by atoms with Crippen LogP contribution in [-0.2, 0) is 20.7 Å². The zero-order chi connectivity index (χ0) is 20.4. The summed E-state index contributed by atoms with van der Waals surface area (Å²) in [6, 6.07) is 13.8. The summed E-state index contributed by atoms with van der Waals surface area (Å²) in [4.78, 5) is 35.5. The van der Waals surface area contributed by atoms with Gasteiger partial charge in [0.1, 0.15) is 6.54 Å². The number of unbranched alkanes of at least 4 members (excludes halogenated alkanes) is 1. The summed E-state index contributed by atoms with van der Waals surface area (Å²) in [6.07, 6.45) is 3.25. The lowest BCUT2D eigenvalue weighted by Crippen LogP contribution is -2.32. The molecule has 2 aromatic rings. The largest absolute Gasteiger partial charge is 0.454 e. The molecule has 0 bridgehead atoms. The van der Waals surface area contributed by atoms with Crippen molar-refractivity contribution in [3.8, 4) is 0 Å². The molecule has 0 aliphatic carbocycles. The highest BCUT2D eigenvalue weighted by Crippen LogP contribution is 2.12. The summed E-state index contributed by atoms with van der Waals surface area (Å²) >= 11 is 5.76. The summed E-state index contributed by atoms with van der Waals surface area (Å²) in [5, 5.41) is 5.60. The first-order valence-electron chi connectivity index (χ1n) is 9.06. The van der Waals surface area contributed by atoms with Crippen LogP contribution >= 0.6 is 11.6 Å². The number of hydrogen-bond donors (Lipinski definition) is 2. The van der Waals surface area contributed by atoms with Gasteiger partial charge in [0, 0.05) is 16.3 Å². The van der Waals surface area contributed by atoms with Crippen LogP contribution in [0.3, 0.4) is 0 Å². The maximum absolute atomic E-state index is 11.9. The van der Waals surface area contributed by atoms with Gasteiger partial charge in [-0.1, -0.05) is 37.1 Å². The minimum Gasteiger partial charge on any atom is -0.454 e. The van der Waals surface area contributed by atoms with Crippen molar-refractivity contribution in [2.24, 2.45) is 0 Å². The third kappa shape index (κ3) is 7.40. The van der Waals surface area contributed by atoms with Gasteiger partial charge in [-0.05, 0) is 54.8 Å². The van der Waals surface area contributed by atoms with Gasteiger partial charge in [0.2, 0.25) is 0 Å². The van der Waals surface area contributed by atoms with Gasteiger partial charge in [0.25, 0.3) is 11.8 Å². The van der Waals surface area contributed by atoms with Crippen LogP contribution in [0, 0.1) is 0 Å². The van der Waals surface area contributed by atoms with E-state index in [1.165, 1.54) is 5.56 Å². The second-order valence-electron chi connectivity index (χ2n) is 6.20. The van der Waals surface area contributed by atoms with Crippen molar-refractivity contribution >= 4 is 35.1 Å². The summed E-state index contributed by atoms with van der Waals surface area (Å²) in [5.41, 5.74) is 2.22. The Labute approximate surface area is 169 Å². The molecule has 0 aromatic heterocycles. The van der Waals surface area contributed by atoms with Gasteiger partial charge in [0.05, 0.1) is 0 Å². The molecule has 0 saturated carbocycles. The summed E-state index contributed by atoms with van der Waals surface area (Å²) < 4.78 is 4.87. The van der Waals surface area contributed by atoms with Gasteiger partial charge < -0.3 is 15.4 Å². The van der Waals surface area contributed by atoms with Gasteiger partial charge in [-0.3, -0.25) is 14.4 Å². The minimum absolute atomic E-state index is 0.332. The molecule has 6 nitrogen and oxygen atoms in total. The number of anilines is 1. The van der Waals surface area contributed by atoms with Crippen LogP contribution in [0.15, 0.2) is 48.5 Å². The van der Waals surface area contributed by atoms with Gasteiger partial charge in [0.15, 0.2) is 6.61 Å². The lowest BCUT2D eigenvalue weighted by molar-refractivity contribution is -0.146. The van der Waals surface area contributed by atoms with Crippen molar-refractivity contribution in [1.29, 1.82) is 0 Å². The maximum atomic E-state index is 11.9. The SMILES string of the molecule is CCCCc1ccc(NC(=O)COC(=O)CNC(=O)c2ccc(Cl)cc2)cc1. The van der Waals surface area contributed by atoms with Crippen molar-refractivity contribution in [3.05, 3.63) is 64.7 Å². The molecule has 0 atom stereocenters. The van der Waals surface area contributed by atoms with E-state index in [-0.39, 0.29) is 6.54 Å². The summed E-state index contributed by atoms with van der Waals surface area (Å²) in [6.45, 7) is 1.38. The Morgan fingerprint density at radius 3 is 2.32 bits per heavy atom. The molecule has 0 radical (unpaired) electrons. The molecule has 2 aromatic carbocycles. The number of carbonyl (C=O) groups is 3. The van der Waals surface area contributed by atoms with Crippen molar-refractivity contribution in [2.45, 2.75) is 26.2 Å². The second-order valence-corrected chi connectivity index (χ2v) is 6.64. The molecule has 0 spiro atoms. The second kappa shape index (κ2) is 11.1. The highest BCUT2D eigenvalue weighted by molar-refractivity contribution is 6.30. The van der Waals surface area contributed by atoms with Crippen molar-refractivity contribution in [3.63, 3.8) is 0 Å². The number of ether oxygens (including phenoxy) is 1. The van der Waals surface area contributed by atoms with Crippen LogP contribution < -0.4 is 10.6 Å². The minimum atomic E-state index is -0.702. The molecule has 0 aliphatic heterocycles. The van der Waals surface area contributed by atoms with Crippen LogP contribution in [0.5, 0.6) is 0 Å². The van der Waals surface area contributed by atoms with E-state index < -0.39 is 24.4 Å². The van der Waals surface area contributed by atoms with E-state index in [0.29, 0.717) is 16.3 Å². The van der Waals surface area contributed by atoms with E-state index in [9.17, 15) is 14.4 Å². The Kier molecular flexibility index (Phi) is 8.49. The van der Waals surface area contributed by atoms with Crippen LogP contribution in [0.1, 0.15) is 35.7 Å². The average Bonchev–Trinajstić information content (AvgIpc) is 2.70. The lowest BCUT2D eigenvalue weighted by Gasteiger charge is -2.08. The van der Waals surface area contributed by atoms with Gasteiger partial charge in [-0.15, -0.1) is 0 Å². The molecule has 2 amide bonds. The molecular formula is C21H23ClN2O4. The molecule has 2 N–H and O–H groups in total. The molecule has 0 unspecified atom stereocenters. The predicted octanol–water partition coefficient (Wildman–Crippen LogP) is 3.59. The van der Waals surface area contributed by atoms with E-state index in [1.54, 1.807) is 24.3 Å². The Bertz CT molecular complexity index is 804. The van der Waals surface area contributed by atoms with Crippen molar-refractivity contribution in [1.82, 2.24) is 5.32 Å². The zero-order valence-corrected chi connectivity index (χ0v) is 16.4. The van der Waals surface area contributed by atoms with Crippen LogP contribution in [0.2, 0.25) is 5.02 Å². The van der Waals surface area contributed by atoms with Crippen molar-refractivity contribution in [2.75, 3.05) is 18.5 Å². The van der Waals surface area contributed by atoms with Crippen LogP contribution in [0.25, 0.3) is 0 Å². The Hall–Kier alpha value is -2.86. The molecule has 0 aliphatic rings. The fourth-order valence-corrected chi connectivity index (χ4v) is 2.51. The third-order valence-corrected chi connectivity index (χ3v) is 4.17. The monoisotopic (exact) mass is 402 g/mol. The maximum Gasteiger partial charge on any atom is 0.325 e. The average molecular weight is 403 g/mol. The smallest absolute Gasteiger partial charge is 0.325 e. The van der Waals surface area contributed by atoms with Crippen molar-refractivity contribution < 1.29 is 19.1 Å². The van der Waals surface area contributed by atoms with Crippen LogP contribution in [-0.4, -0.2) is 30.9 Å². The molecule has 0 fully saturated rings. The van der Waals surface area contributed by atoms with Gasteiger partial charge >= 0.3 is 5.97 Å². The molecule has 7 heteroatoms. The quantitative estimate of drug-likeness (QED) is 0.628. The molecule has 0 saturated heterocycles. The Balaban J connectivity index is 1.69. The Morgan fingerprint density at radius 1 is 1.00 bits per heavy atom. The number of amides is 2.